The molecule has 0 aliphatic rings. The Labute approximate surface area is 106 Å². The van der Waals surface area contributed by atoms with Crippen molar-refractivity contribution in [2.24, 2.45) is 0 Å². The molecule has 0 bridgehead atoms. The first-order valence-corrected chi connectivity index (χ1v) is 5.64. The lowest BCUT2D eigenvalue weighted by Crippen LogP contribution is -2.35. The van der Waals surface area contributed by atoms with Gasteiger partial charge in [-0.25, -0.2) is 8.78 Å². The molecule has 0 aliphatic carbocycles. The fourth-order valence-electron chi connectivity index (χ4n) is 1.48. The van der Waals surface area contributed by atoms with E-state index in [1.165, 1.54) is 6.07 Å². The maximum Gasteiger partial charge on any atom is 0.401 e. The van der Waals surface area contributed by atoms with Gasteiger partial charge in [0, 0.05) is 19.0 Å². The average molecular weight is 288 g/mol. The van der Waals surface area contributed by atoms with Gasteiger partial charge in [0.15, 0.2) is 11.6 Å². The van der Waals surface area contributed by atoms with E-state index < -0.39 is 24.4 Å². The lowest BCUT2D eigenvalue weighted by Gasteiger charge is -2.22. The molecule has 1 aromatic rings. The van der Waals surface area contributed by atoms with E-state index >= 15 is 0 Å². The summed E-state index contributed by atoms with van der Waals surface area (Å²) in [5, 5.41) is 0. The van der Waals surface area contributed by atoms with Crippen molar-refractivity contribution in [2.45, 2.75) is 12.7 Å². The van der Waals surface area contributed by atoms with Crippen LogP contribution in [-0.4, -0.2) is 30.0 Å². The number of halogens is 6. The Morgan fingerprint density at radius 1 is 1.11 bits per heavy atom. The van der Waals surface area contributed by atoms with Crippen molar-refractivity contribution < 1.29 is 22.0 Å². The molecule has 0 N–H and O–H groups in total. The Balaban J connectivity index is 2.73. The highest BCUT2D eigenvalue weighted by molar-refractivity contribution is 6.18. The van der Waals surface area contributed by atoms with Gasteiger partial charge in [-0.2, -0.15) is 13.2 Å². The van der Waals surface area contributed by atoms with E-state index in [0.717, 1.165) is 17.0 Å². The first-order valence-electron chi connectivity index (χ1n) is 5.11. The van der Waals surface area contributed by atoms with Crippen LogP contribution >= 0.6 is 11.6 Å². The largest absolute Gasteiger partial charge is 0.401 e. The van der Waals surface area contributed by atoms with E-state index in [9.17, 15) is 22.0 Å². The second-order valence-electron chi connectivity index (χ2n) is 3.76. The zero-order chi connectivity index (χ0) is 13.8. The molecule has 102 valence electrons. The fourth-order valence-corrected chi connectivity index (χ4v) is 1.72. The van der Waals surface area contributed by atoms with Crippen LogP contribution in [0.2, 0.25) is 0 Å². The molecule has 0 saturated carbocycles. The number of hydrogen-bond donors (Lipinski definition) is 0. The molecule has 0 unspecified atom stereocenters. The van der Waals surface area contributed by atoms with E-state index in [1.807, 2.05) is 0 Å². The van der Waals surface area contributed by atoms with Crippen molar-refractivity contribution in [3.63, 3.8) is 0 Å². The SMILES string of the molecule is Fc1ccc(CN(CCCl)CC(F)(F)F)cc1F. The minimum Gasteiger partial charge on any atom is -0.290 e. The van der Waals surface area contributed by atoms with Gasteiger partial charge in [-0.05, 0) is 17.7 Å². The summed E-state index contributed by atoms with van der Waals surface area (Å²) >= 11 is 5.40. The van der Waals surface area contributed by atoms with E-state index in [-0.39, 0.29) is 24.5 Å². The number of alkyl halides is 4. The minimum atomic E-state index is -4.36. The van der Waals surface area contributed by atoms with Crippen molar-refractivity contribution in [3.8, 4) is 0 Å². The summed E-state index contributed by atoms with van der Waals surface area (Å²) in [5.41, 5.74) is 0.267. The summed E-state index contributed by atoms with van der Waals surface area (Å²) in [7, 11) is 0. The third-order valence-electron chi connectivity index (χ3n) is 2.19. The van der Waals surface area contributed by atoms with E-state index in [4.69, 9.17) is 11.6 Å². The summed E-state index contributed by atoms with van der Waals surface area (Å²) < 4.78 is 62.3. The van der Waals surface area contributed by atoms with Gasteiger partial charge in [0.05, 0.1) is 6.54 Å². The zero-order valence-corrected chi connectivity index (χ0v) is 10.0. The average Bonchev–Trinajstić information content (AvgIpc) is 2.21. The Morgan fingerprint density at radius 2 is 1.78 bits per heavy atom. The third-order valence-corrected chi connectivity index (χ3v) is 2.36. The predicted molar refractivity (Wildman–Crippen MR) is 58.4 cm³/mol. The van der Waals surface area contributed by atoms with Gasteiger partial charge in [0.2, 0.25) is 0 Å². The molecule has 18 heavy (non-hydrogen) atoms. The van der Waals surface area contributed by atoms with Crippen LogP contribution in [0.15, 0.2) is 18.2 Å². The molecule has 7 heteroatoms. The second-order valence-corrected chi connectivity index (χ2v) is 4.14. The smallest absolute Gasteiger partial charge is 0.290 e. The summed E-state index contributed by atoms with van der Waals surface area (Å²) in [5.74, 6) is -2.08. The Hall–Kier alpha value is -0.880. The van der Waals surface area contributed by atoms with Gasteiger partial charge in [-0.1, -0.05) is 6.07 Å². The van der Waals surface area contributed by atoms with Gasteiger partial charge in [-0.15, -0.1) is 11.6 Å². The molecule has 0 saturated heterocycles. The summed E-state index contributed by atoms with van der Waals surface area (Å²) in [4.78, 5) is 1.03. The molecule has 0 radical (unpaired) electrons. The summed E-state index contributed by atoms with van der Waals surface area (Å²) in [6, 6.07) is 3.01. The van der Waals surface area contributed by atoms with Crippen molar-refractivity contribution in [3.05, 3.63) is 35.4 Å². The van der Waals surface area contributed by atoms with Crippen LogP contribution in [0.1, 0.15) is 5.56 Å². The molecule has 0 atom stereocenters. The standard InChI is InChI=1S/C11H11ClF5N/c12-3-4-18(7-11(15,16)17)6-8-1-2-9(13)10(14)5-8/h1-2,5H,3-4,6-7H2. The van der Waals surface area contributed by atoms with Crippen LogP contribution < -0.4 is 0 Å². The van der Waals surface area contributed by atoms with Gasteiger partial charge >= 0.3 is 6.18 Å². The molecule has 0 fully saturated rings. The Kier molecular flexibility index (Phi) is 5.34. The van der Waals surface area contributed by atoms with E-state index in [1.54, 1.807) is 0 Å². The van der Waals surface area contributed by atoms with Crippen molar-refractivity contribution in [1.29, 1.82) is 0 Å². The van der Waals surface area contributed by atoms with Crippen LogP contribution in [0.3, 0.4) is 0 Å². The summed E-state index contributed by atoms with van der Waals surface area (Å²) in [6.07, 6.45) is -4.36. The van der Waals surface area contributed by atoms with E-state index in [2.05, 4.69) is 0 Å². The van der Waals surface area contributed by atoms with Crippen LogP contribution in [0, 0.1) is 11.6 Å². The fraction of sp³-hybridized carbons (Fsp3) is 0.455. The van der Waals surface area contributed by atoms with Crippen molar-refractivity contribution in [2.75, 3.05) is 19.0 Å². The molecule has 1 nitrogen and oxygen atoms in total. The topological polar surface area (TPSA) is 3.24 Å². The maximum absolute atomic E-state index is 12.9. The summed E-state index contributed by atoms with van der Waals surface area (Å²) in [6.45, 7) is -1.26. The molecule has 0 heterocycles. The first-order chi connectivity index (χ1) is 8.31. The van der Waals surface area contributed by atoms with Gasteiger partial charge in [0.1, 0.15) is 0 Å². The molecule has 0 aliphatic heterocycles. The number of benzene rings is 1. The van der Waals surface area contributed by atoms with Crippen LogP contribution in [-0.2, 0) is 6.54 Å². The minimum absolute atomic E-state index is 0.0139. The monoisotopic (exact) mass is 287 g/mol. The highest BCUT2D eigenvalue weighted by atomic mass is 35.5. The number of rotatable bonds is 5. The maximum atomic E-state index is 12.9. The molecule has 0 amide bonds. The molecule has 0 spiro atoms. The van der Waals surface area contributed by atoms with Gasteiger partial charge in [-0.3, -0.25) is 4.90 Å². The first kappa shape index (κ1) is 15.2. The Bertz CT molecular complexity index is 394. The van der Waals surface area contributed by atoms with Crippen LogP contribution in [0.4, 0.5) is 22.0 Å². The third kappa shape index (κ3) is 5.18. The highest BCUT2D eigenvalue weighted by Crippen LogP contribution is 2.18. The van der Waals surface area contributed by atoms with Crippen molar-refractivity contribution in [1.82, 2.24) is 4.90 Å². The van der Waals surface area contributed by atoms with Crippen LogP contribution in [0.5, 0.6) is 0 Å². The van der Waals surface area contributed by atoms with E-state index in [0.29, 0.717) is 0 Å². The molecular weight excluding hydrogens is 277 g/mol. The van der Waals surface area contributed by atoms with Gasteiger partial charge < -0.3 is 0 Å². The second kappa shape index (κ2) is 6.33. The van der Waals surface area contributed by atoms with Gasteiger partial charge in [0.25, 0.3) is 0 Å². The van der Waals surface area contributed by atoms with Crippen molar-refractivity contribution >= 4 is 11.6 Å². The number of hydrogen-bond acceptors (Lipinski definition) is 1. The quantitative estimate of drug-likeness (QED) is 0.591. The number of nitrogens with zero attached hydrogens (tertiary/aromatic N) is 1. The lowest BCUT2D eigenvalue weighted by molar-refractivity contribution is -0.146. The predicted octanol–water partition coefficient (Wildman–Crippen LogP) is 3.57. The normalized spacial score (nSPS) is 12.2. The molecule has 1 rings (SSSR count). The molecule has 1 aromatic carbocycles. The lowest BCUT2D eigenvalue weighted by atomic mass is 10.2. The zero-order valence-electron chi connectivity index (χ0n) is 9.28. The Morgan fingerprint density at radius 3 is 2.28 bits per heavy atom. The molecule has 0 aromatic heterocycles. The molecular formula is C11H11ClF5N. The van der Waals surface area contributed by atoms with Crippen LogP contribution in [0.25, 0.3) is 0 Å². The highest BCUT2D eigenvalue weighted by Gasteiger charge is 2.30.